The zero-order valence-electron chi connectivity index (χ0n) is 15.0. The van der Waals surface area contributed by atoms with Gasteiger partial charge in [-0.25, -0.2) is 0 Å². The van der Waals surface area contributed by atoms with Gasteiger partial charge in [-0.2, -0.15) is 0 Å². The second kappa shape index (κ2) is 9.17. The number of hydrogen-bond acceptors (Lipinski definition) is 5. The maximum Gasteiger partial charge on any atom is 0.231 e. The van der Waals surface area contributed by atoms with Crippen molar-refractivity contribution in [2.24, 2.45) is 10.9 Å². The standard InChI is InChI=1S/C18H26N4O4/c1-2-19-18(21-8-7-20-17(23)13-3-4-13)22-9-10-24-14-5-6-15-16(11-14)26-12-25-15/h5-6,11,13H,2-4,7-10,12H2,1H3,(H,20,23)(H2,19,21,22). The molecular formula is C18H26N4O4. The van der Waals surface area contributed by atoms with E-state index in [4.69, 9.17) is 14.2 Å². The largest absolute Gasteiger partial charge is 0.492 e. The molecule has 0 spiro atoms. The number of benzene rings is 1. The van der Waals surface area contributed by atoms with Gasteiger partial charge in [0.2, 0.25) is 12.7 Å². The fraction of sp³-hybridized carbons (Fsp3) is 0.556. The molecule has 1 amide bonds. The molecule has 1 heterocycles. The number of amides is 1. The lowest BCUT2D eigenvalue weighted by atomic mass is 10.3. The van der Waals surface area contributed by atoms with Crippen LogP contribution in [0.4, 0.5) is 0 Å². The highest BCUT2D eigenvalue weighted by Gasteiger charge is 2.28. The molecule has 142 valence electrons. The monoisotopic (exact) mass is 362 g/mol. The summed E-state index contributed by atoms with van der Waals surface area (Å²) in [4.78, 5) is 16.0. The molecule has 0 atom stereocenters. The summed E-state index contributed by atoms with van der Waals surface area (Å²) in [6.45, 7) is 5.22. The zero-order chi connectivity index (χ0) is 18.2. The summed E-state index contributed by atoms with van der Waals surface area (Å²) < 4.78 is 16.3. The number of guanidine groups is 1. The summed E-state index contributed by atoms with van der Waals surface area (Å²) in [5.74, 6) is 3.28. The van der Waals surface area contributed by atoms with Crippen LogP contribution in [0.2, 0.25) is 0 Å². The Kier molecular flexibility index (Phi) is 6.40. The van der Waals surface area contributed by atoms with Gasteiger partial charge in [0.05, 0.1) is 13.1 Å². The van der Waals surface area contributed by atoms with Crippen molar-refractivity contribution in [1.82, 2.24) is 16.0 Å². The molecule has 0 saturated heterocycles. The Hall–Kier alpha value is -2.64. The molecule has 1 fully saturated rings. The normalized spacial score (nSPS) is 15.5. The highest BCUT2D eigenvalue weighted by atomic mass is 16.7. The van der Waals surface area contributed by atoms with E-state index in [2.05, 4.69) is 20.9 Å². The van der Waals surface area contributed by atoms with Crippen molar-refractivity contribution < 1.29 is 19.0 Å². The summed E-state index contributed by atoms with van der Waals surface area (Å²) in [6.07, 6.45) is 2.03. The summed E-state index contributed by atoms with van der Waals surface area (Å²) in [6, 6.07) is 5.52. The van der Waals surface area contributed by atoms with Crippen molar-refractivity contribution in [2.75, 3.05) is 39.6 Å². The summed E-state index contributed by atoms with van der Waals surface area (Å²) in [5, 5.41) is 9.29. The van der Waals surface area contributed by atoms with Gasteiger partial charge in [0.1, 0.15) is 12.4 Å². The molecule has 1 aromatic rings. The third kappa shape index (κ3) is 5.44. The fourth-order valence-corrected chi connectivity index (χ4v) is 2.48. The number of fused-ring (bicyclic) bond motifs is 1. The first-order chi connectivity index (χ1) is 12.8. The Labute approximate surface area is 153 Å². The van der Waals surface area contributed by atoms with Crippen molar-refractivity contribution in [3.63, 3.8) is 0 Å². The Morgan fingerprint density at radius 3 is 2.85 bits per heavy atom. The van der Waals surface area contributed by atoms with E-state index in [1.54, 1.807) is 0 Å². The third-order valence-corrected chi connectivity index (χ3v) is 3.98. The van der Waals surface area contributed by atoms with E-state index >= 15 is 0 Å². The van der Waals surface area contributed by atoms with Crippen molar-refractivity contribution in [3.05, 3.63) is 18.2 Å². The molecule has 26 heavy (non-hydrogen) atoms. The molecule has 1 aliphatic carbocycles. The van der Waals surface area contributed by atoms with Crippen LogP contribution in [0.15, 0.2) is 23.2 Å². The van der Waals surface area contributed by atoms with Crippen molar-refractivity contribution >= 4 is 11.9 Å². The molecule has 0 unspecified atom stereocenters. The number of ether oxygens (including phenoxy) is 3. The summed E-state index contributed by atoms with van der Waals surface area (Å²) in [7, 11) is 0. The van der Waals surface area contributed by atoms with Gasteiger partial charge in [-0.3, -0.25) is 9.79 Å². The van der Waals surface area contributed by atoms with Crippen LogP contribution in [-0.4, -0.2) is 51.4 Å². The topological polar surface area (TPSA) is 93.2 Å². The van der Waals surface area contributed by atoms with Crippen LogP contribution in [0.25, 0.3) is 0 Å². The average Bonchev–Trinajstić information content (AvgIpc) is 3.40. The van der Waals surface area contributed by atoms with Crippen molar-refractivity contribution in [1.29, 1.82) is 0 Å². The molecule has 0 bridgehead atoms. The van der Waals surface area contributed by atoms with E-state index in [0.29, 0.717) is 38.0 Å². The minimum Gasteiger partial charge on any atom is -0.492 e. The van der Waals surface area contributed by atoms with Gasteiger partial charge in [0.15, 0.2) is 17.5 Å². The number of carbonyl (C=O) groups is 1. The Bertz CT molecular complexity index is 646. The molecule has 1 aromatic carbocycles. The lowest BCUT2D eigenvalue weighted by molar-refractivity contribution is -0.122. The lowest BCUT2D eigenvalue weighted by Gasteiger charge is -2.12. The first-order valence-corrected chi connectivity index (χ1v) is 9.08. The predicted octanol–water partition coefficient (Wildman–Crippen LogP) is 0.875. The summed E-state index contributed by atoms with van der Waals surface area (Å²) >= 11 is 0. The Balaban J connectivity index is 1.34. The highest BCUT2D eigenvalue weighted by Crippen LogP contribution is 2.35. The first-order valence-electron chi connectivity index (χ1n) is 9.08. The molecule has 1 aliphatic heterocycles. The molecule has 8 nitrogen and oxygen atoms in total. The molecule has 2 aliphatic rings. The van der Waals surface area contributed by atoms with Crippen molar-refractivity contribution in [3.8, 4) is 17.2 Å². The maximum absolute atomic E-state index is 11.6. The fourth-order valence-electron chi connectivity index (χ4n) is 2.48. The number of carbonyl (C=O) groups excluding carboxylic acids is 1. The SMILES string of the molecule is CCNC(=NCCNC(=O)C1CC1)NCCOc1ccc2c(c1)OCO2. The van der Waals surface area contributed by atoms with E-state index < -0.39 is 0 Å². The number of rotatable bonds is 9. The number of hydrogen-bond donors (Lipinski definition) is 3. The molecule has 8 heteroatoms. The van der Waals surface area contributed by atoms with E-state index in [9.17, 15) is 4.79 Å². The number of nitrogens with zero attached hydrogens (tertiary/aromatic N) is 1. The van der Waals surface area contributed by atoms with Crippen LogP contribution >= 0.6 is 0 Å². The van der Waals surface area contributed by atoms with E-state index in [0.717, 1.165) is 30.9 Å². The predicted molar refractivity (Wildman–Crippen MR) is 97.8 cm³/mol. The smallest absolute Gasteiger partial charge is 0.231 e. The highest BCUT2D eigenvalue weighted by molar-refractivity contribution is 5.81. The number of aliphatic imine (C=N–C) groups is 1. The molecule has 3 rings (SSSR count). The van der Waals surface area contributed by atoms with Crippen LogP contribution in [0.5, 0.6) is 17.2 Å². The van der Waals surface area contributed by atoms with Gasteiger partial charge < -0.3 is 30.2 Å². The zero-order valence-corrected chi connectivity index (χ0v) is 15.0. The Morgan fingerprint density at radius 2 is 2.04 bits per heavy atom. The first kappa shape index (κ1) is 18.2. The van der Waals surface area contributed by atoms with Crippen LogP contribution in [-0.2, 0) is 4.79 Å². The minimum atomic E-state index is 0.148. The quantitative estimate of drug-likeness (QED) is 0.343. The van der Waals surface area contributed by atoms with E-state index in [1.165, 1.54) is 0 Å². The lowest BCUT2D eigenvalue weighted by Crippen LogP contribution is -2.40. The van der Waals surface area contributed by atoms with Gasteiger partial charge >= 0.3 is 0 Å². The maximum atomic E-state index is 11.6. The van der Waals surface area contributed by atoms with Crippen LogP contribution < -0.4 is 30.2 Å². The molecule has 0 radical (unpaired) electrons. The summed E-state index contributed by atoms with van der Waals surface area (Å²) in [5.41, 5.74) is 0. The molecule has 0 aromatic heterocycles. The van der Waals surface area contributed by atoms with Gasteiger partial charge in [-0.15, -0.1) is 0 Å². The molecule has 3 N–H and O–H groups in total. The molecule has 1 saturated carbocycles. The van der Waals surface area contributed by atoms with Crippen LogP contribution in [0.3, 0.4) is 0 Å². The van der Waals surface area contributed by atoms with Crippen LogP contribution in [0.1, 0.15) is 19.8 Å². The second-order valence-electron chi connectivity index (χ2n) is 6.12. The molecular weight excluding hydrogens is 336 g/mol. The Morgan fingerprint density at radius 1 is 1.19 bits per heavy atom. The van der Waals surface area contributed by atoms with E-state index in [-0.39, 0.29) is 18.6 Å². The van der Waals surface area contributed by atoms with E-state index in [1.807, 2.05) is 25.1 Å². The second-order valence-corrected chi connectivity index (χ2v) is 6.12. The van der Waals surface area contributed by atoms with Crippen molar-refractivity contribution in [2.45, 2.75) is 19.8 Å². The van der Waals surface area contributed by atoms with Gasteiger partial charge in [-0.1, -0.05) is 0 Å². The number of nitrogens with one attached hydrogen (secondary N) is 3. The van der Waals surface area contributed by atoms with Gasteiger partial charge in [0.25, 0.3) is 0 Å². The minimum absolute atomic E-state index is 0.148. The average molecular weight is 362 g/mol. The van der Waals surface area contributed by atoms with Gasteiger partial charge in [-0.05, 0) is 31.9 Å². The third-order valence-electron chi connectivity index (χ3n) is 3.98. The van der Waals surface area contributed by atoms with Gasteiger partial charge in [0, 0.05) is 25.1 Å². The van der Waals surface area contributed by atoms with Crippen LogP contribution in [0, 0.1) is 5.92 Å².